The summed E-state index contributed by atoms with van der Waals surface area (Å²) in [5, 5.41) is 8.34. The summed E-state index contributed by atoms with van der Waals surface area (Å²) in [4.78, 5) is 10.2. The van der Waals surface area contributed by atoms with Crippen LogP contribution in [0.5, 0.6) is 0 Å². The molecule has 0 aromatic rings. The van der Waals surface area contributed by atoms with Gasteiger partial charge in [-0.2, -0.15) is 0 Å². The van der Waals surface area contributed by atoms with E-state index >= 15 is 0 Å². The van der Waals surface area contributed by atoms with Crippen LogP contribution < -0.4 is 5.73 Å². The lowest BCUT2D eigenvalue weighted by Crippen LogP contribution is -2.31. The zero-order valence-electron chi connectivity index (χ0n) is 6.87. The highest BCUT2D eigenvalue weighted by Crippen LogP contribution is 2.44. The molecule has 0 saturated heterocycles. The Morgan fingerprint density at radius 1 is 1.77 bits per heavy atom. The van der Waals surface area contributed by atoms with E-state index in [-0.39, 0.29) is 19.4 Å². The van der Waals surface area contributed by atoms with Crippen molar-refractivity contribution in [3.05, 3.63) is 0 Å². The van der Waals surface area contributed by atoms with Crippen molar-refractivity contribution >= 4 is 5.97 Å². The second-order valence-electron chi connectivity index (χ2n) is 3.06. The van der Waals surface area contributed by atoms with Crippen molar-refractivity contribution in [2.24, 2.45) is 5.73 Å². The lowest BCUT2D eigenvalue weighted by molar-refractivity contribution is -0.139. The first kappa shape index (κ1) is 10.3. The number of ether oxygens (including phenoxy) is 1. The van der Waals surface area contributed by atoms with E-state index in [4.69, 9.17) is 15.6 Å². The fourth-order valence-electron chi connectivity index (χ4n) is 0.830. The number of carboxylic acid groups (broad SMARTS) is 1. The van der Waals surface area contributed by atoms with Crippen LogP contribution in [0, 0.1) is 0 Å². The molecule has 0 bridgehead atoms. The van der Waals surface area contributed by atoms with E-state index in [0.717, 1.165) is 0 Å². The Morgan fingerprint density at radius 3 is 2.69 bits per heavy atom. The highest BCUT2D eigenvalue weighted by atomic mass is 19.3. The minimum atomic E-state index is -2.71. The molecule has 0 aromatic carbocycles. The molecule has 0 amide bonds. The molecule has 0 spiro atoms. The Hall–Kier alpha value is -0.750. The number of aliphatic carboxylic acids is 1. The molecule has 1 rings (SSSR count). The van der Waals surface area contributed by atoms with Crippen molar-refractivity contribution in [2.75, 3.05) is 6.61 Å². The summed E-state index contributed by atoms with van der Waals surface area (Å²) >= 11 is 0. The van der Waals surface area contributed by atoms with E-state index in [1.807, 2.05) is 0 Å². The van der Waals surface area contributed by atoms with Crippen LogP contribution in [0.4, 0.5) is 8.78 Å². The van der Waals surface area contributed by atoms with Crippen LogP contribution >= 0.6 is 0 Å². The Bertz CT molecular complexity index is 210. The predicted octanol–water partition coefficient (Wildman–Crippen LogP) is 0.213. The molecule has 1 saturated carbocycles. The Morgan fingerprint density at radius 2 is 2.31 bits per heavy atom. The lowest BCUT2D eigenvalue weighted by Gasteiger charge is -2.06. The number of alkyl halides is 2. The number of hydrogen-bond acceptors (Lipinski definition) is 3. The molecule has 13 heavy (non-hydrogen) atoms. The van der Waals surface area contributed by atoms with Gasteiger partial charge in [0.05, 0.1) is 0 Å². The Kier molecular flexibility index (Phi) is 2.82. The molecule has 4 nitrogen and oxygen atoms in total. The first-order valence-electron chi connectivity index (χ1n) is 3.91. The van der Waals surface area contributed by atoms with E-state index in [2.05, 4.69) is 0 Å². The van der Waals surface area contributed by atoms with Gasteiger partial charge < -0.3 is 15.6 Å². The van der Waals surface area contributed by atoms with Crippen molar-refractivity contribution in [3.63, 3.8) is 0 Å². The lowest BCUT2D eigenvalue weighted by atomic mass is 10.2. The van der Waals surface area contributed by atoms with Gasteiger partial charge in [0.25, 0.3) is 5.92 Å². The van der Waals surface area contributed by atoms with Gasteiger partial charge in [-0.1, -0.05) is 0 Å². The number of carboxylic acids is 1. The van der Waals surface area contributed by atoms with Gasteiger partial charge in [-0.25, -0.2) is 8.78 Å². The fourth-order valence-corrected chi connectivity index (χ4v) is 0.830. The standard InChI is InChI=1S/C7H11F2NO3/c8-7(9)3-5(7)13-2-1-4(10)6(11)12/h4-5H,1-3,10H2,(H,11,12)/t4-,5?/m0/s1. The third-order valence-corrected chi connectivity index (χ3v) is 1.83. The summed E-state index contributed by atoms with van der Waals surface area (Å²) in [6, 6.07) is -1.03. The maximum atomic E-state index is 12.2. The molecule has 1 fully saturated rings. The second-order valence-corrected chi connectivity index (χ2v) is 3.06. The molecule has 1 aliphatic rings. The molecule has 6 heteroatoms. The molecular formula is C7H11F2NO3. The van der Waals surface area contributed by atoms with Crippen molar-refractivity contribution < 1.29 is 23.4 Å². The summed E-state index contributed by atoms with van der Waals surface area (Å²) in [5.41, 5.74) is 5.12. The van der Waals surface area contributed by atoms with E-state index < -0.39 is 24.0 Å². The normalized spacial score (nSPS) is 26.8. The third kappa shape index (κ3) is 2.89. The quantitative estimate of drug-likeness (QED) is 0.657. The molecule has 0 aliphatic heterocycles. The molecule has 1 aliphatic carbocycles. The zero-order chi connectivity index (χ0) is 10.1. The van der Waals surface area contributed by atoms with Crippen LogP contribution in [0.3, 0.4) is 0 Å². The van der Waals surface area contributed by atoms with E-state index in [1.54, 1.807) is 0 Å². The maximum Gasteiger partial charge on any atom is 0.320 e. The van der Waals surface area contributed by atoms with Crippen LogP contribution in [0.15, 0.2) is 0 Å². The van der Waals surface area contributed by atoms with Crippen LogP contribution in [0.2, 0.25) is 0 Å². The summed E-state index contributed by atoms with van der Waals surface area (Å²) in [6.07, 6.45) is -1.24. The van der Waals surface area contributed by atoms with Gasteiger partial charge in [-0.05, 0) is 6.42 Å². The van der Waals surface area contributed by atoms with E-state index in [9.17, 15) is 13.6 Å². The Balaban J connectivity index is 2.06. The van der Waals surface area contributed by atoms with Crippen molar-refractivity contribution in [3.8, 4) is 0 Å². The molecule has 76 valence electrons. The van der Waals surface area contributed by atoms with Gasteiger partial charge in [-0.3, -0.25) is 4.79 Å². The average molecular weight is 195 g/mol. The third-order valence-electron chi connectivity index (χ3n) is 1.83. The smallest absolute Gasteiger partial charge is 0.320 e. The van der Waals surface area contributed by atoms with Gasteiger partial charge >= 0.3 is 5.97 Å². The number of carbonyl (C=O) groups is 1. The van der Waals surface area contributed by atoms with E-state index in [0.29, 0.717) is 0 Å². The number of halogens is 2. The average Bonchev–Trinajstić information content (AvgIpc) is 2.58. The predicted molar refractivity (Wildman–Crippen MR) is 39.5 cm³/mol. The van der Waals surface area contributed by atoms with Crippen molar-refractivity contribution in [1.82, 2.24) is 0 Å². The number of hydrogen-bond donors (Lipinski definition) is 2. The zero-order valence-corrected chi connectivity index (χ0v) is 6.87. The number of nitrogens with two attached hydrogens (primary N) is 1. The first-order chi connectivity index (χ1) is 5.93. The van der Waals surface area contributed by atoms with Gasteiger partial charge in [0.15, 0.2) is 0 Å². The second kappa shape index (κ2) is 3.55. The minimum Gasteiger partial charge on any atom is -0.480 e. The van der Waals surface area contributed by atoms with Crippen LogP contribution in [0.25, 0.3) is 0 Å². The van der Waals surface area contributed by atoms with Crippen LogP contribution in [-0.4, -0.2) is 35.8 Å². The van der Waals surface area contributed by atoms with Crippen LogP contribution in [-0.2, 0) is 9.53 Å². The molecule has 0 aromatic heterocycles. The SMILES string of the molecule is N[C@@H](CCOC1CC1(F)F)C(=O)O. The van der Waals surface area contributed by atoms with Gasteiger partial charge in [0.1, 0.15) is 12.1 Å². The molecule has 3 N–H and O–H groups in total. The van der Waals surface area contributed by atoms with Gasteiger partial charge in [0.2, 0.25) is 0 Å². The summed E-state index contributed by atoms with van der Waals surface area (Å²) in [5.74, 6) is -3.86. The molecular weight excluding hydrogens is 184 g/mol. The monoisotopic (exact) mass is 195 g/mol. The Labute approximate surface area is 73.7 Å². The van der Waals surface area contributed by atoms with Gasteiger partial charge in [0, 0.05) is 13.0 Å². The number of rotatable bonds is 5. The molecule has 2 atom stereocenters. The molecule has 1 unspecified atom stereocenters. The summed E-state index contributed by atoms with van der Waals surface area (Å²) in [6.45, 7) is -0.0340. The summed E-state index contributed by atoms with van der Waals surface area (Å²) < 4.78 is 29.1. The van der Waals surface area contributed by atoms with Crippen molar-refractivity contribution in [2.45, 2.75) is 30.9 Å². The molecule has 0 heterocycles. The fraction of sp³-hybridized carbons (Fsp3) is 0.857. The van der Waals surface area contributed by atoms with E-state index in [1.165, 1.54) is 0 Å². The molecule has 0 radical (unpaired) electrons. The first-order valence-corrected chi connectivity index (χ1v) is 3.91. The van der Waals surface area contributed by atoms with Crippen molar-refractivity contribution in [1.29, 1.82) is 0 Å². The highest BCUT2D eigenvalue weighted by Gasteiger charge is 2.58. The minimum absolute atomic E-state index is 0.0340. The largest absolute Gasteiger partial charge is 0.480 e. The maximum absolute atomic E-state index is 12.2. The van der Waals surface area contributed by atoms with Crippen LogP contribution in [0.1, 0.15) is 12.8 Å². The highest BCUT2D eigenvalue weighted by molar-refractivity contribution is 5.72. The summed E-state index contributed by atoms with van der Waals surface area (Å²) in [7, 11) is 0. The topological polar surface area (TPSA) is 72.5 Å². The van der Waals surface area contributed by atoms with Gasteiger partial charge in [-0.15, -0.1) is 0 Å².